The fourth-order valence-electron chi connectivity index (χ4n) is 3.72. The van der Waals surface area contributed by atoms with Crippen molar-refractivity contribution in [3.8, 4) is 0 Å². The van der Waals surface area contributed by atoms with Gasteiger partial charge in [-0.05, 0) is 43.0 Å². The van der Waals surface area contributed by atoms with Gasteiger partial charge in [0.1, 0.15) is 0 Å². The minimum Gasteiger partial charge on any atom is -0.379 e. The van der Waals surface area contributed by atoms with Crippen molar-refractivity contribution < 1.29 is 13.2 Å². The molecule has 3 unspecified atom stereocenters. The van der Waals surface area contributed by atoms with Crippen molar-refractivity contribution in [2.24, 2.45) is 5.92 Å². The van der Waals surface area contributed by atoms with Gasteiger partial charge in [0, 0.05) is 30.2 Å². The molecule has 0 aromatic heterocycles. The zero-order valence-electron chi connectivity index (χ0n) is 13.7. The second kappa shape index (κ2) is 8.15. The Balaban J connectivity index is 1.52. The predicted octanol–water partition coefficient (Wildman–Crippen LogP) is 1.86. The molecule has 1 aromatic carbocycles. The van der Waals surface area contributed by atoms with Crippen molar-refractivity contribution in [1.82, 2.24) is 10.6 Å². The van der Waals surface area contributed by atoms with Gasteiger partial charge in [0.25, 0.3) is 0 Å². The normalized spacial score (nSPS) is 28.1. The fraction of sp³-hybridized carbons (Fsp3) is 0.647. The first-order valence-corrected chi connectivity index (χ1v) is 10.6. The van der Waals surface area contributed by atoms with Crippen LogP contribution >= 0.6 is 11.6 Å². The zero-order chi connectivity index (χ0) is 17.0. The van der Waals surface area contributed by atoms with Crippen molar-refractivity contribution in [2.75, 3.05) is 32.1 Å². The molecule has 1 aromatic rings. The molecule has 1 saturated heterocycles. The number of benzene rings is 1. The number of sulfone groups is 1. The highest BCUT2D eigenvalue weighted by Crippen LogP contribution is 2.29. The van der Waals surface area contributed by atoms with Crippen molar-refractivity contribution in [3.63, 3.8) is 0 Å². The maximum atomic E-state index is 12.4. The highest BCUT2D eigenvalue weighted by Gasteiger charge is 2.34. The van der Waals surface area contributed by atoms with Crippen LogP contribution in [0.2, 0.25) is 5.02 Å². The summed E-state index contributed by atoms with van der Waals surface area (Å²) in [5, 5.41) is 7.54. The molecule has 3 rings (SSSR count). The molecule has 0 spiro atoms. The summed E-state index contributed by atoms with van der Waals surface area (Å²) in [7, 11) is -3.27. The van der Waals surface area contributed by atoms with Crippen LogP contribution in [0, 0.1) is 5.92 Å². The van der Waals surface area contributed by atoms with Gasteiger partial charge in [-0.2, -0.15) is 0 Å². The van der Waals surface area contributed by atoms with Crippen molar-refractivity contribution >= 4 is 21.4 Å². The van der Waals surface area contributed by atoms with Gasteiger partial charge in [-0.3, -0.25) is 0 Å². The van der Waals surface area contributed by atoms with E-state index in [9.17, 15) is 8.42 Å². The molecule has 1 heterocycles. The Morgan fingerprint density at radius 2 is 2.04 bits per heavy atom. The van der Waals surface area contributed by atoms with Gasteiger partial charge in [0.2, 0.25) is 0 Å². The molecule has 24 heavy (non-hydrogen) atoms. The minimum atomic E-state index is -3.27. The van der Waals surface area contributed by atoms with E-state index >= 15 is 0 Å². The van der Waals surface area contributed by atoms with Crippen LogP contribution in [0.5, 0.6) is 0 Å². The third kappa shape index (κ3) is 4.49. The summed E-state index contributed by atoms with van der Waals surface area (Å²) in [5.74, 6) is 0.621. The number of ether oxygens (including phenoxy) is 1. The molecule has 134 valence electrons. The van der Waals surface area contributed by atoms with Gasteiger partial charge in [0.15, 0.2) is 9.84 Å². The summed E-state index contributed by atoms with van der Waals surface area (Å²) in [6.45, 7) is 2.91. The number of hydrogen-bond donors (Lipinski definition) is 2. The first-order chi connectivity index (χ1) is 11.6. The van der Waals surface area contributed by atoms with Gasteiger partial charge in [-0.1, -0.05) is 18.0 Å². The molecule has 1 saturated carbocycles. The summed E-state index contributed by atoms with van der Waals surface area (Å²) < 4.78 is 30.3. The number of nitrogens with one attached hydrogen (secondary N) is 2. The first kappa shape index (κ1) is 18.1. The lowest BCUT2D eigenvalue weighted by molar-refractivity contribution is 0.0527. The van der Waals surface area contributed by atoms with Crippen LogP contribution in [0.25, 0.3) is 0 Å². The molecule has 2 aliphatic rings. The maximum absolute atomic E-state index is 12.4. The zero-order valence-corrected chi connectivity index (χ0v) is 15.3. The fourth-order valence-corrected chi connectivity index (χ4v) is 5.02. The quantitative estimate of drug-likeness (QED) is 0.797. The third-order valence-corrected chi connectivity index (χ3v) is 6.97. The molecule has 1 aliphatic heterocycles. The van der Waals surface area contributed by atoms with Crippen LogP contribution in [-0.2, 0) is 14.6 Å². The summed E-state index contributed by atoms with van der Waals surface area (Å²) in [4.78, 5) is 0.332. The maximum Gasteiger partial charge on any atom is 0.179 e. The first-order valence-electron chi connectivity index (χ1n) is 8.59. The lowest BCUT2D eigenvalue weighted by Gasteiger charge is -2.33. The molecule has 0 radical (unpaired) electrons. The van der Waals surface area contributed by atoms with E-state index in [1.807, 2.05) is 0 Å². The van der Waals surface area contributed by atoms with Crippen LogP contribution in [0.4, 0.5) is 0 Å². The summed E-state index contributed by atoms with van der Waals surface area (Å²) in [6, 6.07) is 7.11. The molecule has 0 amide bonds. The Morgan fingerprint density at radius 1 is 1.25 bits per heavy atom. The smallest absolute Gasteiger partial charge is 0.179 e. The lowest BCUT2D eigenvalue weighted by atomic mass is 9.94. The summed E-state index contributed by atoms with van der Waals surface area (Å²) in [5.41, 5.74) is 0. The highest BCUT2D eigenvalue weighted by molar-refractivity contribution is 7.91. The highest BCUT2D eigenvalue weighted by atomic mass is 35.5. The molecule has 0 bridgehead atoms. The summed E-state index contributed by atoms with van der Waals surface area (Å²) >= 11 is 5.82. The SMILES string of the molecule is O=S(=O)(CCNC1CCCC1C1COCCN1)c1ccc(Cl)cc1. The van der Waals surface area contributed by atoms with E-state index in [-0.39, 0.29) is 5.75 Å². The second-order valence-electron chi connectivity index (χ2n) is 6.56. The average molecular weight is 373 g/mol. The van der Waals surface area contributed by atoms with Crippen molar-refractivity contribution in [1.29, 1.82) is 0 Å². The Morgan fingerprint density at radius 3 is 2.75 bits per heavy atom. The molecular weight excluding hydrogens is 348 g/mol. The number of rotatable bonds is 6. The molecule has 2 fully saturated rings. The molecule has 5 nitrogen and oxygen atoms in total. The predicted molar refractivity (Wildman–Crippen MR) is 95.2 cm³/mol. The Hall–Kier alpha value is -0.660. The molecule has 2 N–H and O–H groups in total. The van der Waals surface area contributed by atoms with Crippen LogP contribution in [0.1, 0.15) is 19.3 Å². The van der Waals surface area contributed by atoms with E-state index in [2.05, 4.69) is 10.6 Å². The number of halogens is 1. The van der Waals surface area contributed by atoms with E-state index in [1.54, 1.807) is 24.3 Å². The van der Waals surface area contributed by atoms with Gasteiger partial charge < -0.3 is 15.4 Å². The van der Waals surface area contributed by atoms with Crippen LogP contribution in [-0.4, -0.2) is 52.6 Å². The van der Waals surface area contributed by atoms with Crippen molar-refractivity contribution in [3.05, 3.63) is 29.3 Å². The van der Waals surface area contributed by atoms with Crippen LogP contribution < -0.4 is 10.6 Å². The molecule has 7 heteroatoms. The van der Waals surface area contributed by atoms with E-state index in [0.717, 1.165) is 26.2 Å². The topological polar surface area (TPSA) is 67.4 Å². The third-order valence-electron chi connectivity index (χ3n) is 4.99. The van der Waals surface area contributed by atoms with E-state index in [1.165, 1.54) is 12.8 Å². The average Bonchev–Trinajstić information content (AvgIpc) is 3.04. The molecule has 1 aliphatic carbocycles. The van der Waals surface area contributed by atoms with E-state index < -0.39 is 9.84 Å². The monoisotopic (exact) mass is 372 g/mol. The Kier molecular flexibility index (Phi) is 6.16. The van der Waals surface area contributed by atoms with E-state index in [0.29, 0.717) is 34.5 Å². The summed E-state index contributed by atoms with van der Waals surface area (Å²) in [6.07, 6.45) is 3.46. The lowest BCUT2D eigenvalue weighted by Crippen LogP contribution is -2.51. The molecular formula is C17H25ClN2O3S. The van der Waals surface area contributed by atoms with Gasteiger partial charge >= 0.3 is 0 Å². The standard InChI is InChI=1S/C17H25ClN2O3S/c18-13-4-6-14(7-5-13)24(21,22)11-9-20-16-3-1-2-15(16)17-12-23-10-8-19-17/h4-7,15-17,19-20H,1-3,8-12H2. The Bertz CT molecular complexity index is 630. The van der Waals surface area contributed by atoms with Gasteiger partial charge in [0.05, 0.1) is 23.9 Å². The Labute approximate surface area is 149 Å². The number of hydrogen-bond acceptors (Lipinski definition) is 5. The van der Waals surface area contributed by atoms with E-state index in [4.69, 9.17) is 16.3 Å². The van der Waals surface area contributed by atoms with Crippen LogP contribution in [0.15, 0.2) is 29.2 Å². The van der Waals surface area contributed by atoms with Crippen molar-refractivity contribution in [2.45, 2.75) is 36.2 Å². The second-order valence-corrected chi connectivity index (χ2v) is 9.11. The number of morpholine rings is 1. The van der Waals surface area contributed by atoms with Gasteiger partial charge in [-0.25, -0.2) is 8.42 Å². The van der Waals surface area contributed by atoms with Crippen LogP contribution in [0.3, 0.4) is 0 Å². The largest absolute Gasteiger partial charge is 0.379 e. The van der Waals surface area contributed by atoms with Gasteiger partial charge in [-0.15, -0.1) is 0 Å². The molecule has 3 atom stereocenters. The minimum absolute atomic E-state index is 0.104.